The Morgan fingerprint density at radius 1 is 1.09 bits per heavy atom. The molecule has 32 heavy (non-hydrogen) atoms. The number of aryl methyl sites for hydroxylation is 2. The number of anilines is 1. The lowest BCUT2D eigenvalue weighted by Gasteiger charge is -2.32. The fraction of sp³-hybridized carbons (Fsp3) is 0.435. The highest BCUT2D eigenvalue weighted by Crippen LogP contribution is 2.29. The zero-order chi connectivity index (χ0) is 23.6. The normalized spacial score (nSPS) is 15.6. The molecule has 7 nitrogen and oxygen atoms in total. The lowest BCUT2D eigenvalue weighted by molar-refractivity contribution is -0.895. The van der Waals surface area contributed by atoms with Crippen molar-refractivity contribution in [2.24, 2.45) is 0 Å². The van der Waals surface area contributed by atoms with Gasteiger partial charge in [0.05, 0.1) is 43.9 Å². The average molecular weight is 481 g/mol. The molecular formula is C23H31ClN3O4S+. The molecule has 174 valence electrons. The molecule has 1 saturated heterocycles. The monoisotopic (exact) mass is 480 g/mol. The molecule has 1 aliphatic rings. The Labute approximate surface area is 195 Å². The number of hydrogen-bond donors (Lipinski definition) is 2. The van der Waals surface area contributed by atoms with Gasteiger partial charge in [-0.25, -0.2) is 8.42 Å². The topological polar surface area (TPSA) is 80.2 Å². The summed E-state index contributed by atoms with van der Waals surface area (Å²) in [4.78, 5) is 14.0. The number of nitrogens with one attached hydrogen (secondary N) is 2. The molecule has 0 saturated carbocycles. The number of piperazine rings is 1. The number of carbonyl (C=O) groups is 1. The maximum absolute atomic E-state index is 13.4. The van der Waals surface area contributed by atoms with E-state index >= 15 is 0 Å². The Morgan fingerprint density at radius 3 is 2.25 bits per heavy atom. The van der Waals surface area contributed by atoms with E-state index in [1.807, 2.05) is 33.8 Å². The van der Waals surface area contributed by atoms with Crippen molar-refractivity contribution in [1.82, 2.24) is 4.31 Å². The van der Waals surface area contributed by atoms with Crippen LogP contribution in [0, 0.1) is 27.7 Å². The van der Waals surface area contributed by atoms with Gasteiger partial charge in [0.2, 0.25) is 10.0 Å². The first-order valence-electron chi connectivity index (χ1n) is 10.6. The minimum atomic E-state index is -3.59. The summed E-state index contributed by atoms with van der Waals surface area (Å²) in [6.07, 6.45) is 0. The van der Waals surface area contributed by atoms with Crippen LogP contribution >= 0.6 is 11.6 Å². The largest absolute Gasteiger partial charge is 0.495 e. The molecule has 1 heterocycles. The van der Waals surface area contributed by atoms with Gasteiger partial charge in [0, 0.05) is 5.02 Å². The van der Waals surface area contributed by atoms with Crippen LogP contribution in [0.25, 0.3) is 0 Å². The number of methoxy groups -OCH3 is 1. The second kappa shape index (κ2) is 9.79. The van der Waals surface area contributed by atoms with Crippen molar-refractivity contribution < 1.29 is 22.8 Å². The molecule has 0 atom stereocenters. The molecule has 0 aromatic heterocycles. The highest BCUT2D eigenvalue weighted by Gasteiger charge is 2.33. The van der Waals surface area contributed by atoms with Gasteiger partial charge in [0.1, 0.15) is 5.75 Å². The summed E-state index contributed by atoms with van der Waals surface area (Å²) in [6.45, 7) is 9.71. The molecule has 2 aromatic rings. The summed E-state index contributed by atoms with van der Waals surface area (Å²) in [5, 5.41) is 3.35. The van der Waals surface area contributed by atoms with E-state index in [-0.39, 0.29) is 12.5 Å². The zero-order valence-corrected chi connectivity index (χ0v) is 20.8. The van der Waals surface area contributed by atoms with Gasteiger partial charge in [-0.15, -0.1) is 0 Å². The fourth-order valence-corrected chi connectivity index (χ4v) is 6.31. The number of nitrogens with zero attached hydrogens (tertiary/aromatic N) is 1. The summed E-state index contributed by atoms with van der Waals surface area (Å²) in [5.74, 6) is 0.366. The fourth-order valence-electron chi connectivity index (χ4n) is 4.12. The molecule has 2 aromatic carbocycles. The van der Waals surface area contributed by atoms with Gasteiger partial charge in [0.15, 0.2) is 6.54 Å². The Balaban J connectivity index is 1.66. The second-order valence-corrected chi connectivity index (χ2v) is 10.6. The first-order valence-corrected chi connectivity index (χ1v) is 12.4. The Hall–Kier alpha value is -2.13. The van der Waals surface area contributed by atoms with Crippen LogP contribution in [-0.2, 0) is 14.8 Å². The van der Waals surface area contributed by atoms with Crippen molar-refractivity contribution in [2.75, 3.05) is 45.2 Å². The quantitative estimate of drug-likeness (QED) is 0.663. The zero-order valence-electron chi connectivity index (χ0n) is 19.2. The van der Waals surface area contributed by atoms with Crippen LogP contribution in [0.4, 0.5) is 5.69 Å². The molecule has 0 spiro atoms. The van der Waals surface area contributed by atoms with E-state index in [1.54, 1.807) is 22.5 Å². The first-order chi connectivity index (χ1) is 15.0. The average Bonchev–Trinajstić information content (AvgIpc) is 2.73. The highest BCUT2D eigenvalue weighted by molar-refractivity contribution is 7.89. The lowest BCUT2D eigenvalue weighted by Crippen LogP contribution is -3.15. The summed E-state index contributed by atoms with van der Waals surface area (Å²) in [5.41, 5.74) is 4.08. The molecule has 1 aliphatic heterocycles. The summed E-state index contributed by atoms with van der Waals surface area (Å²) in [7, 11) is -2.06. The molecule has 0 aliphatic carbocycles. The molecule has 0 unspecified atom stereocenters. The van der Waals surface area contributed by atoms with Crippen LogP contribution in [0.5, 0.6) is 5.75 Å². The van der Waals surface area contributed by atoms with Crippen molar-refractivity contribution in [2.45, 2.75) is 32.6 Å². The van der Waals surface area contributed by atoms with E-state index in [2.05, 4.69) is 5.32 Å². The number of sulfonamides is 1. The lowest BCUT2D eigenvalue weighted by atomic mass is 10.0. The minimum absolute atomic E-state index is 0.169. The number of benzene rings is 2. The number of rotatable bonds is 6. The molecule has 0 bridgehead atoms. The van der Waals surface area contributed by atoms with Crippen molar-refractivity contribution in [1.29, 1.82) is 0 Å². The van der Waals surface area contributed by atoms with E-state index in [9.17, 15) is 13.2 Å². The van der Waals surface area contributed by atoms with E-state index in [1.165, 1.54) is 7.11 Å². The van der Waals surface area contributed by atoms with Crippen molar-refractivity contribution >= 4 is 33.2 Å². The van der Waals surface area contributed by atoms with Crippen LogP contribution in [0.3, 0.4) is 0 Å². The SMILES string of the molecule is COc1ccc(Cl)cc1NC(=O)C[NH+]1CCN(S(=O)(=O)c2c(C)c(C)cc(C)c2C)CC1. The van der Waals surface area contributed by atoms with Crippen LogP contribution in [0.15, 0.2) is 29.2 Å². The van der Waals surface area contributed by atoms with Crippen molar-refractivity contribution in [3.05, 3.63) is 51.5 Å². The molecule has 3 rings (SSSR count). The minimum Gasteiger partial charge on any atom is -0.495 e. The molecule has 1 fully saturated rings. The number of ether oxygens (including phenoxy) is 1. The maximum Gasteiger partial charge on any atom is 0.279 e. The van der Waals surface area contributed by atoms with Gasteiger partial charge < -0.3 is 15.0 Å². The van der Waals surface area contributed by atoms with Gasteiger partial charge in [-0.3, -0.25) is 4.79 Å². The predicted octanol–water partition coefficient (Wildman–Crippen LogP) is 2.11. The van der Waals surface area contributed by atoms with E-state index in [4.69, 9.17) is 16.3 Å². The van der Waals surface area contributed by atoms with Gasteiger partial charge in [-0.05, 0) is 68.1 Å². The Morgan fingerprint density at radius 2 is 1.69 bits per heavy atom. The summed E-state index contributed by atoms with van der Waals surface area (Å²) >= 11 is 6.03. The highest BCUT2D eigenvalue weighted by atomic mass is 35.5. The third-order valence-corrected chi connectivity index (χ3v) is 8.58. The number of halogens is 1. The van der Waals surface area contributed by atoms with Gasteiger partial charge >= 0.3 is 0 Å². The van der Waals surface area contributed by atoms with Crippen LogP contribution in [0.2, 0.25) is 5.02 Å². The van der Waals surface area contributed by atoms with Crippen LogP contribution < -0.4 is 15.0 Å². The van der Waals surface area contributed by atoms with Crippen molar-refractivity contribution in [3.8, 4) is 5.75 Å². The Kier molecular flexibility index (Phi) is 7.50. The second-order valence-electron chi connectivity index (χ2n) is 8.31. The van der Waals surface area contributed by atoms with Crippen LogP contribution in [0.1, 0.15) is 22.3 Å². The number of carbonyl (C=O) groups excluding carboxylic acids is 1. The number of amides is 1. The van der Waals surface area contributed by atoms with E-state index in [0.717, 1.165) is 27.2 Å². The molecular weight excluding hydrogens is 450 g/mol. The molecule has 1 amide bonds. The Bertz CT molecular complexity index is 1100. The number of hydrogen-bond acceptors (Lipinski definition) is 4. The smallest absolute Gasteiger partial charge is 0.279 e. The van der Waals surface area contributed by atoms with E-state index < -0.39 is 10.0 Å². The third-order valence-electron chi connectivity index (χ3n) is 6.17. The van der Waals surface area contributed by atoms with Gasteiger partial charge in [-0.1, -0.05) is 17.7 Å². The third kappa shape index (κ3) is 5.09. The van der Waals surface area contributed by atoms with E-state index in [0.29, 0.717) is 47.5 Å². The van der Waals surface area contributed by atoms with Gasteiger partial charge in [0.25, 0.3) is 5.91 Å². The van der Waals surface area contributed by atoms with Crippen molar-refractivity contribution in [3.63, 3.8) is 0 Å². The van der Waals surface area contributed by atoms with Crippen LogP contribution in [-0.4, -0.2) is 58.5 Å². The molecule has 9 heteroatoms. The summed E-state index contributed by atoms with van der Waals surface area (Å²) < 4.78 is 33.6. The van der Waals surface area contributed by atoms with Gasteiger partial charge in [-0.2, -0.15) is 4.31 Å². The maximum atomic E-state index is 13.4. The molecule has 0 radical (unpaired) electrons. The number of quaternary nitrogens is 1. The first kappa shape index (κ1) is 24.5. The standard InChI is InChI=1S/C23H30ClN3O4S/c1-15-12-16(2)18(4)23(17(15)3)32(29,30)27-10-8-26(9-11-27)14-22(28)25-20-13-19(24)6-7-21(20)31-5/h6-7,12-13H,8-11,14H2,1-5H3,(H,25,28)/p+1. The molecule has 2 N–H and O–H groups in total. The summed E-state index contributed by atoms with van der Waals surface area (Å²) in [6, 6.07) is 7.07. The predicted molar refractivity (Wildman–Crippen MR) is 126 cm³/mol.